The number of nitrogens with two attached hydrogens (primary N) is 1. The number of likely N-dealkylation sites (tertiary alicyclic amines) is 1. The number of hydrogen-bond donors (Lipinski definition) is 3. The number of carboxylic acid groups (broad SMARTS) is 1. The molecule has 8 nitrogen and oxygen atoms in total. The van der Waals surface area contributed by atoms with E-state index < -0.39 is 23.5 Å². The molecule has 198 valence electrons. The molecule has 1 saturated heterocycles. The van der Waals surface area contributed by atoms with E-state index in [0.717, 1.165) is 30.4 Å². The summed E-state index contributed by atoms with van der Waals surface area (Å²) in [5.41, 5.74) is 8.04. The number of hydrogen-bond acceptors (Lipinski definition) is 5. The van der Waals surface area contributed by atoms with Crippen molar-refractivity contribution >= 4 is 17.8 Å². The third-order valence-corrected chi connectivity index (χ3v) is 7.65. The predicted molar refractivity (Wildman–Crippen MR) is 140 cm³/mol. The second-order valence-corrected chi connectivity index (χ2v) is 10.9. The van der Waals surface area contributed by atoms with E-state index in [-0.39, 0.29) is 30.3 Å². The first-order valence-corrected chi connectivity index (χ1v) is 12.9. The molecule has 4 rings (SSSR count). The number of ether oxygens (including phenoxy) is 1. The van der Waals surface area contributed by atoms with Gasteiger partial charge >= 0.3 is 5.97 Å². The Kier molecular flexibility index (Phi) is 7.99. The Morgan fingerprint density at radius 2 is 1.76 bits per heavy atom. The molecule has 37 heavy (non-hydrogen) atoms. The maximum absolute atomic E-state index is 13.6. The zero-order chi connectivity index (χ0) is 26.6. The number of rotatable bonds is 9. The lowest BCUT2D eigenvalue weighted by Gasteiger charge is -2.41. The van der Waals surface area contributed by atoms with Crippen LogP contribution in [0.25, 0.3) is 0 Å². The monoisotopic (exact) mass is 507 g/mol. The molecule has 2 aliphatic rings. The number of benzene rings is 2. The number of amides is 2. The number of carboxylic acids is 1. The molecule has 1 fully saturated rings. The van der Waals surface area contributed by atoms with Gasteiger partial charge in [-0.3, -0.25) is 14.4 Å². The van der Waals surface area contributed by atoms with Crippen molar-refractivity contribution in [3.63, 3.8) is 0 Å². The molecule has 2 aromatic rings. The van der Waals surface area contributed by atoms with Crippen LogP contribution in [0.5, 0.6) is 0 Å². The van der Waals surface area contributed by atoms with Crippen LogP contribution in [0.3, 0.4) is 0 Å². The molecule has 2 aromatic carbocycles. The lowest BCUT2D eigenvalue weighted by molar-refractivity contribution is -0.140. The molecule has 0 saturated carbocycles. The van der Waals surface area contributed by atoms with Gasteiger partial charge in [-0.25, -0.2) is 0 Å². The fraction of sp³-hybridized carbons (Fsp3) is 0.483. The minimum absolute atomic E-state index is 0.0128. The zero-order valence-corrected chi connectivity index (χ0v) is 21.6. The molecule has 0 bridgehead atoms. The Morgan fingerprint density at radius 1 is 1.11 bits per heavy atom. The molecule has 2 atom stereocenters. The van der Waals surface area contributed by atoms with Gasteiger partial charge < -0.3 is 25.8 Å². The van der Waals surface area contributed by atoms with Crippen LogP contribution in [0, 0.1) is 0 Å². The highest BCUT2D eigenvalue weighted by Crippen LogP contribution is 2.52. The standard InChI is InChI=1S/C29H37N3O5/c1-28(2,30)27(36)31-24(19-37-18-20-8-4-3-5-9-20)26(35)32-14-12-29(13-15-32)17-21(16-25(33)34)22-10-6-7-11-23(22)29/h3-11,21,24H,12-19,30H2,1-2H3,(H,31,36)(H,33,34). The molecule has 0 radical (unpaired) electrons. The fourth-order valence-corrected chi connectivity index (χ4v) is 5.66. The summed E-state index contributed by atoms with van der Waals surface area (Å²) >= 11 is 0. The lowest BCUT2D eigenvalue weighted by atomic mass is 9.73. The topological polar surface area (TPSA) is 122 Å². The van der Waals surface area contributed by atoms with Gasteiger partial charge in [0.1, 0.15) is 6.04 Å². The minimum atomic E-state index is -1.13. The van der Waals surface area contributed by atoms with Crippen molar-refractivity contribution in [2.75, 3.05) is 19.7 Å². The Morgan fingerprint density at radius 3 is 2.41 bits per heavy atom. The van der Waals surface area contributed by atoms with Gasteiger partial charge in [-0.2, -0.15) is 0 Å². The molecule has 1 heterocycles. The van der Waals surface area contributed by atoms with Crippen LogP contribution in [-0.2, 0) is 31.1 Å². The van der Waals surface area contributed by atoms with Crippen LogP contribution < -0.4 is 11.1 Å². The van der Waals surface area contributed by atoms with E-state index in [9.17, 15) is 19.5 Å². The molecule has 8 heteroatoms. The summed E-state index contributed by atoms with van der Waals surface area (Å²) in [6, 6.07) is 16.9. The Labute approximate surface area is 218 Å². The predicted octanol–water partition coefficient (Wildman–Crippen LogP) is 2.95. The van der Waals surface area contributed by atoms with E-state index in [1.807, 2.05) is 48.5 Å². The number of piperidine rings is 1. The smallest absolute Gasteiger partial charge is 0.303 e. The summed E-state index contributed by atoms with van der Waals surface area (Å²) in [6.07, 6.45) is 2.39. The van der Waals surface area contributed by atoms with Crippen LogP contribution >= 0.6 is 0 Å². The van der Waals surface area contributed by atoms with Gasteiger partial charge in [0.15, 0.2) is 0 Å². The van der Waals surface area contributed by atoms with Gasteiger partial charge in [0.05, 0.1) is 25.2 Å². The molecule has 2 amide bonds. The van der Waals surface area contributed by atoms with E-state index in [2.05, 4.69) is 11.4 Å². The maximum Gasteiger partial charge on any atom is 0.303 e. The van der Waals surface area contributed by atoms with Crippen LogP contribution in [0.15, 0.2) is 54.6 Å². The summed E-state index contributed by atoms with van der Waals surface area (Å²) in [7, 11) is 0. The molecule has 1 aliphatic heterocycles. The van der Waals surface area contributed by atoms with Crippen LogP contribution in [0.2, 0.25) is 0 Å². The van der Waals surface area contributed by atoms with E-state index >= 15 is 0 Å². The van der Waals surface area contributed by atoms with Crippen LogP contribution in [-0.4, -0.2) is 59.1 Å². The third kappa shape index (κ3) is 6.19. The van der Waals surface area contributed by atoms with Crippen molar-refractivity contribution in [1.29, 1.82) is 0 Å². The van der Waals surface area contributed by atoms with E-state index in [0.29, 0.717) is 19.7 Å². The van der Waals surface area contributed by atoms with Crippen molar-refractivity contribution in [2.45, 2.75) is 69.1 Å². The second-order valence-electron chi connectivity index (χ2n) is 10.9. The fourth-order valence-electron chi connectivity index (χ4n) is 5.66. The van der Waals surface area contributed by atoms with E-state index in [4.69, 9.17) is 10.5 Å². The Bertz CT molecular complexity index is 1120. The quantitative estimate of drug-likeness (QED) is 0.480. The molecule has 1 spiro atoms. The first kappa shape index (κ1) is 26.8. The van der Waals surface area contributed by atoms with Gasteiger partial charge in [-0.15, -0.1) is 0 Å². The number of nitrogens with one attached hydrogen (secondary N) is 1. The summed E-state index contributed by atoms with van der Waals surface area (Å²) in [6.45, 7) is 4.64. The highest BCUT2D eigenvalue weighted by molar-refractivity contribution is 5.91. The lowest BCUT2D eigenvalue weighted by Crippen LogP contribution is -2.59. The SMILES string of the molecule is CC(C)(N)C(=O)NC(COCc1ccccc1)C(=O)N1CCC2(CC1)CC(CC(=O)O)c1ccccc12. The highest BCUT2D eigenvalue weighted by Gasteiger charge is 2.46. The first-order chi connectivity index (χ1) is 17.6. The number of fused-ring (bicyclic) bond motifs is 2. The normalized spacial score (nSPS) is 19.3. The maximum atomic E-state index is 13.6. The average molecular weight is 508 g/mol. The van der Waals surface area contributed by atoms with Crippen molar-refractivity contribution in [2.24, 2.45) is 5.73 Å². The van der Waals surface area contributed by atoms with E-state index in [1.165, 1.54) is 5.56 Å². The Hall–Kier alpha value is -3.23. The molecule has 0 aromatic heterocycles. The van der Waals surface area contributed by atoms with Crippen molar-refractivity contribution < 1.29 is 24.2 Å². The summed E-state index contributed by atoms with van der Waals surface area (Å²) in [4.78, 5) is 39.5. The van der Waals surface area contributed by atoms with Crippen molar-refractivity contribution in [3.05, 3.63) is 71.3 Å². The largest absolute Gasteiger partial charge is 0.481 e. The summed E-state index contributed by atoms with van der Waals surface area (Å²) in [5, 5.41) is 12.2. The zero-order valence-electron chi connectivity index (χ0n) is 21.6. The van der Waals surface area contributed by atoms with Gasteiger partial charge in [0.25, 0.3) is 0 Å². The third-order valence-electron chi connectivity index (χ3n) is 7.65. The number of carbonyl (C=O) groups is 3. The number of carbonyl (C=O) groups excluding carboxylic acids is 2. The van der Waals surface area contributed by atoms with Gasteiger partial charge in [0.2, 0.25) is 11.8 Å². The molecule has 1 aliphatic carbocycles. The van der Waals surface area contributed by atoms with Crippen LogP contribution in [0.4, 0.5) is 0 Å². The molecular formula is C29H37N3O5. The summed E-state index contributed by atoms with van der Waals surface area (Å²) < 4.78 is 5.84. The first-order valence-electron chi connectivity index (χ1n) is 12.9. The Balaban J connectivity index is 1.44. The average Bonchev–Trinajstić information content (AvgIpc) is 3.15. The van der Waals surface area contributed by atoms with Gasteiger partial charge in [0, 0.05) is 13.1 Å². The highest BCUT2D eigenvalue weighted by atomic mass is 16.5. The van der Waals surface area contributed by atoms with E-state index in [1.54, 1.807) is 18.7 Å². The summed E-state index contributed by atoms with van der Waals surface area (Å²) in [5.74, 6) is -1.40. The van der Waals surface area contributed by atoms with Gasteiger partial charge in [-0.1, -0.05) is 54.6 Å². The second kappa shape index (κ2) is 11.0. The number of nitrogens with zero attached hydrogens (tertiary/aromatic N) is 1. The minimum Gasteiger partial charge on any atom is -0.481 e. The molecule has 2 unspecified atom stereocenters. The number of aliphatic carboxylic acids is 1. The molecular weight excluding hydrogens is 470 g/mol. The van der Waals surface area contributed by atoms with Crippen molar-refractivity contribution in [3.8, 4) is 0 Å². The molecule has 4 N–H and O–H groups in total. The van der Waals surface area contributed by atoms with Crippen molar-refractivity contribution in [1.82, 2.24) is 10.2 Å². The van der Waals surface area contributed by atoms with Gasteiger partial charge in [-0.05, 0) is 61.1 Å². The van der Waals surface area contributed by atoms with Crippen LogP contribution in [0.1, 0.15) is 62.1 Å².